The zero-order valence-corrected chi connectivity index (χ0v) is 22.3. The van der Waals surface area contributed by atoms with Crippen LogP contribution in [0.15, 0.2) is 67.5 Å². The van der Waals surface area contributed by atoms with Gasteiger partial charge in [0.05, 0.1) is 29.2 Å². The molecule has 2 aromatic carbocycles. The van der Waals surface area contributed by atoms with Gasteiger partial charge < -0.3 is 9.47 Å². The summed E-state index contributed by atoms with van der Waals surface area (Å²) < 4.78 is 14.1. The van der Waals surface area contributed by atoms with Crippen LogP contribution in [0, 0.1) is 10.1 Å². The van der Waals surface area contributed by atoms with Crippen LogP contribution >= 0.6 is 31.9 Å². The highest BCUT2D eigenvalue weighted by Gasteiger charge is 2.16. The van der Waals surface area contributed by atoms with Crippen molar-refractivity contribution in [2.45, 2.75) is 19.8 Å². The maximum Gasteiger partial charge on any atom is 0.287 e. The number of rotatable bonds is 8. The molecule has 0 saturated heterocycles. The Balaban J connectivity index is 1.81. The lowest BCUT2D eigenvalue weighted by molar-refractivity contribution is -0.385. The summed E-state index contributed by atoms with van der Waals surface area (Å²) >= 11 is 6.85. The van der Waals surface area contributed by atoms with Crippen LogP contribution in [-0.4, -0.2) is 32.9 Å². The van der Waals surface area contributed by atoms with E-state index < -0.39 is 4.92 Å². The third-order valence-corrected chi connectivity index (χ3v) is 6.02. The minimum atomic E-state index is -0.545. The van der Waals surface area contributed by atoms with Crippen molar-refractivity contribution in [1.82, 2.24) is 14.6 Å². The summed E-state index contributed by atoms with van der Waals surface area (Å²) in [5.41, 5.74) is 0.605. The molecule has 0 N–H and O–H groups in total. The fourth-order valence-electron chi connectivity index (χ4n) is 3.41. The number of pyridine rings is 1. The van der Waals surface area contributed by atoms with Gasteiger partial charge in [-0.25, -0.2) is 9.97 Å². The van der Waals surface area contributed by atoms with E-state index in [-0.39, 0.29) is 22.9 Å². The number of aryl methyl sites for hydroxylation is 1. The summed E-state index contributed by atoms with van der Waals surface area (Å²) in [6, 6.07) is 11.4. The Morgan fingerprint density at radius 1 is 1.17 bits per heavy atom. The Kier molecular flexibility index (Phi) is 7.75. The van der Waals surface area contributed by atoms with Gasteiger partial charge in [0, 0.05) is 33.1 Å². The fraction of sp³-hybridized carbons (Fsp3) is 0.167. The molecule has 0 amide bonds. The van der Waals surface area contributed by atoms with E-state index in [1.54, 1.807) is 24.3 Å². The average Bonchev–Trinajstić information content (AvgIpc) is 2.86. The SMILES string of the molecule is CCCc1nc2ccc(Br)cc2c(=O)n1N=Cc1cc(Br)cc(OC)c1Oc1ccc([N+](=O)[O-])cn1. The van der Waals surface area contributed by atoms with Gasteiger partial charge in [-0.15, -0.1) is 0 Å². The van der Waals surface area contributed by atoms with Crippen molar-refractivity contribution in [3.05, 3.63) is 89.5 Å². The molecule has 0 atom stereocenters. The molecule has 2 heterocycles. The van der Waals surface area contributed by atoms with Gasteiger partial charge >= 0.3 is 0 Å². The lowest BCUT2D eigenvalue weighted by Gasteiger charge is -2.13. The number of nitro groups is 1. The van der Waals surface area contributed by atoms with Crippen molar-refractivity contribution in [3.63, 3.8) is 0 Å². The van der Waals surface area contributed by atoms with Gasteiger partial charge in [0.25, 0.3) is 11.2 Å². The minimum absolute atomic E-state index is 0.122. The predicted molar refractivity (Wildman–Crippen MR) is 142 cm³/mol. The molecule has 36 heavy (non-hydrogen) atoms. The number of hydrogen-bond donors (Lipinski definition) is 0. The van der Waals surface area contributed by atoms with Gasteiger partial charge in [-0.05, 0) is 36.8 Å². The first-order chi connectivity index (χ1) is 17.3. The second-order valence-electron chi connectivity index (χ2n) is 7.54. The van der Waals surface area contributed by atoms with Crippen molar-refractivity contribution in [2.75, 3.05) is 7.11 Å². The van der Waals surface area contributed by atoms with Gasteiger partial charge in [-0.1, -0.05) is 38.8 Å². The molecule has 0 aliphatic rings. The Hall–Kier alpha value is -3.64. The number of ether oxygens (including phenoxy) is 2. The first kappa shape index (κ1) is 25.5. The summed E-state index contributed by atoms with van der Waals surface area (Å²) in [4.78, 5) is 32.3. The number of benzene rings is 2. The molecule has 0 bridgehead atoms. The molecule has 2 aromatic heterocycles. The van der Waals surface area contributed by atoms with Crippen LogP contribution in [0.1, 0.15) is 24.7 Å². The maximum atomic E-state index is 13.3. The smallest absolute Gasteiger partial charge is 0.287 e. The number of fused-ring (bicyclic) bond motifs is 1. The van der Waals surface area contributed by atoms with Crippen LogP contribution in [0.5, 0.6) is 17.4 Å². The van der Waals surface area contributed by atoms with E-state index in [0.717, 1.165) is 17.1 Å². The largest absolute Gasteiger partial charge is 0.493 e. The van der Waals surface area contributed by atoms with Crippen LogP contribution in [0.25, 0.3) is 10.9 Å². The molecule has 10 nitrogen and oxygen atoms in total. The van der Waals surface area contributed by atoms with Gasteiger partial charge in [0.15, 0.2) is 11.5 Å². The molecule has 4 aromatic rings. The third kappa shape index (κ3) is 5.44. The Morgan fingerprint density at radius 2 is 1.97 bits per heavy atom. The molecule has 0 spiro atoms. The number of hydrogen-bond acceptors (Lipinski definition) is 8. The molecule has 0 radical (unpaired) electrons. The van der Waals surface area contributed by atoms with Crippen LogP contribution in [-0.2, 0) is 6.42 Å². The molecular weight excluding hydrogens is 598 g/mol. The van der Waals surface area contributed by atoms with Crippen molar-refractivity contribution in [1.29, 1.82) is 0 Å². The molecule has 0 fully saturated rings. The summed E-state index contributed by atoms with van der Waals surface area (Å²) in [5.74, 6) is 1.28. The predicted octanol–water partition coefficient (Wildman–Crippen LogP) is 5.86. The molecule has 0 aliphatic heterocycles. The quantitative estimate of drug-likeness (QED) is 0.138. The highest BCUT2D eigenvalue weighted by Crippen LogP contribution is 2.37. The number of aromatic nitrogens is 3. The summed E-state index contributed by atoms with van der Waals surface area (Å²) in [5, 5.41) is 15.8. The Morgan fingerprint density at radius 3 is 2.64 bits per heavy atom. The zero-order valence-electron chi connectivity index (χ0n) is 19.1. The zero-order chi connectivity index (χ0) is 25.8. The third-order valence-electron chi connectivity index (χ3n) is 5.07. The first-order valence-electron chi connectivity index (χ1n) is 10.7. The van der Waals surface area contributed by atoms with Crippen molar-refractivity contribution in [3.8, 4) is 17.4 Å². The summed E-state index contributed by atoms with van der Waals surface area (Å²) in [7, 11) is 1.48. The average molecular weight is 617 g/mol. The highest BCUT2D eigenvalue weighted by atomic mass is 79.9. The number of methoxy groups -OCH3 is 1. The fourth-order valence-corrected chi connectivity index (χ4v) is 4.23. The van der Waals surface area contributed by atoms with Crippen LogP contribution in [0.4, 0.5) is 5.69 Å². The van der Waals surface area contributed by atoms with E-state index in [1.807, 2.05) is 13.0 Å². The van der Waals surface area contributed by atoms with E-state index in [1.165, 1.54) is 30.1 Å². The molecule has 184 valence electrons. The van der Waals surface area contributed by atoms with Crippen LogP contribution in [0.2, 0.25) is 0 Å². The highest BCUT2D eigenvalue weighted by molar-refractivity contribution is 9.10. The molecule has 0 unspecified atom stereocenters. The second kappa shape index (κ2) is 11.0. The summed E-state index contributed by atoms with van der Waals surface area (Å²) in [6.07, 6.45) is 3.90. The molecule has 0 saturated carbocycles. The molecule has 0 aliphatic carbocycles. The summed E-state index contributed by atoms with van der Waals surface area (Å²) in [6.45, 7) is 1.99. The standard InChI is InChI=1S/C24H19Br2N5O5/c1-3-4-21-29-19-7-5-15(25)10-18(19)24(32)30(21)28-12-14-9-16(26)11-20(35-2)23(14)36-22-8-6-17(13-27-22)31(33)34/h5-13H,3-4H2,1-2H3. The molecule has 12 heteroatoms. The van der Waals surface area contributed by atoms with Gasteiger partial charge in [-0.3, -0.25) is 14.9 Å². The molecular formula is C24H19Br2N5O5. The minimum Gasteiger partial charge on any atom is -0.493 e. The van der Waals surface area contributed by atoms with E-state index in [4.69, 9.17) is 9.47 Å². The normalized spacial score (nSPS) is 11.2. The van der Waals surface area contributed by atoms with Crippen molar-refractivity contribution in [2.24, 2.45) is 5.10 Å². The van der Waals surface area contributed by atoms with Gasteiger partial charge in [0.1, 0.15) is 12.0 Å². The Labute approximate surface area is 222 Å². The monoisotopic (exact) mass is 615 g/mol. The van der Waals surface area contributed by atoms with Gasteiger partial charge in [-0.2, -0.15) is 9.78 Å². The Bertz CT molecular complexity index is 1540. The number of nitrogens with zero attached hydrogens (tertiary/aromatic N) is 5. The van der Waals surface area contributed by atoms with Gasteiger partial charge in [0.2, 0.25) is 5.88 Å². The van der Waals surface area contributed by atoms with Crippen molar-refractivity contribution >= 4 is 54.7 Å². The van der Waals surface area contributed by atoms with Crippen LogP contribution in [0.3, 0.4) is 0 Å². The van der Waals surface area contributed by atoms with E-state index in [2.05, 4.69) is 46.9 Å². The van der Waals surface area contributed by atoms with E-state index in [9.17, 15) is 14.9 Å². The lowest BCUT2D eigenvalue weighted by atomic mass is 10.2. The maximum absolute atomic E-state index is 13.3. The lowest BCUT2D eigenvalue weighted by Crippen LogP contribution is -2.22. The first-order valence-corrected chi connectivity index (χ1v) is 12.3. The topological polar surface area (TPSA) is 122 Å². The second-order valence-corrected chi connectivity index (χ2v) is 9.37. The van der Waals surface area contributed by atoms with Crippen LogP contribution < -0.4 is 15.0 Å². The molecule has 4 rings (SSSR count). The van der Waals surface area contributed by atoms with E-state index >= 15 is 0 Å². The van der Waals surface area contributed by atoms with E-state index in [0.29, 0.717) is 38.9 Å². The number of halogens is 2. The van der Waals surface area contributed by atoms with Crippen molar-refractivity contribution < 1.29 is 14.4 Å².